The monoisotopic (exact) mass is 277 g/mol. The molecular formula is C14H6F3NO2. The Hall–Kier alpha value is -2.63. The van der Waals surface area contributed by atoms with E-state index in [4.69, 9.17) is 4.42 Å². The van der Waals surface area contributed by atoms with E-state index in [9.17, 15) is 18.0 Å². The summed E-state index contributed by atoms with van der Waals surface area (Å²) in [5, 5.41) is 0.0342. The quantitative estimate of drug-likeness (QED) is 0.685. The van der Waals surface area contributed by atoms with Gasteiger partial charge < -0.3 is 4.42 Å². The van der Waals surface area contributed by atoms with Gasteiger partial charge in [0, 0.05) is 6.07 Å². The van der Waals surface area contributed by atoms with Crippen LogP contribution in [0.2, 0.25) is 0 Å². The first-order valence-corrected chi connectivity index (χ1v) is 5.61. The molecular weight excluding hydrogens is 271 g/mol. The molecule has 0 fully saturated rings. The lowest BCUT2D eigenvalue weighted by atomic mass is 10.2. The van der Waals surface area contributed by atoms with Crippen molar-refractivity contribution in [1.29, 1.82) is 0 Å². The largest absolute Gasteiger partial charge is 0.403 e. The van der Waals surface area contributed by atoms with Crippen molar-refractivity contribution in [2.24, 2.45) is 0 Å². The highest BCUT2D eigenvalue weighted by Crippen LogP contribution is 2.24. The molecule has 0 aliphatic carbocycles. The fourth-order valence-electron chi connectivity index (χ4n) is 1.85. The average Bonchev–Trinajstić information content (AvgIpc) is 2.38. The molecule has 0 bridgehead atoms. The van der Waals surface area contributed by atoms with E-state index >= 15 is 0 Å². The van der Waals surface area contributed by atoms with E-state index < -0.39 is 34.5 Å². The highest BCUT2D eigenvalue weighted by molar-refractivity contribution is 5.78. The van der Waals surface area contributed by atoms with Gasteiger partial charge in [-0.1, -0.05) is 6.07 Å². The first-order chi connectivity index (χ1) is 9.56. The summed E-state index contributed by atoms with van der Waals surface area (Å²) in [6, 6.07) is 6.46. The summed E-state index contributed by atoms with van der Waals surface area (Å²) < 4.78 is 45.2. The fraction of sp³-hybridized carbons (Fsp3) is 0. The van der Waals surface area contributed by atoms with Crippen LogP contribution in [0.3, 0.4) is 0 Å². The minimum atomic E-state index is -0.920. The summed E-state index contributed by atoms with van der Waals surface area (Å²) in [5.41, 5.74) is -1.43. The topological polar surface area (TPSA) is 43.1 Å². The van der Waals surface area contributed by atoms with Crippen molar-refractivity contribution in [3.63, 3.8) is 0 Å². The zero-order valence-corrected chi connectivity index (χ0v) is 9.86. The number of hydrogen-bond donors (Lipinski definition) is 0. The van der Waals surface area contributed by atoms with Gasteiger partial charge in [-0.3, -0.25) is 0 Å². The summed E-state index contributed by atoms with van der Waals surface area (Å²) in [7, 11) is 0. The van der Waals surface area contributed by atoms with Crippen molar-refractivity contribution < 1.29 is 17.6 Å². The molecule has 0 saturated heterocycles. The Bertz CT molecular complexity index is 854. The molecule has 2 aromatic carbocycles. The smallest absolute Gasteiger partial charge is 0.347 e. The van der Waals surface area contributed by atoms with Crippen molar-refractivity contribution in [2.45, 2.75) is 0 Å². The number of halogens is 3. The van der Waals surface area contributed by atoms with E-state index in [1.165, 1.54) is 12.1 Å². The number of aromatic nitrogens is 1. The molecule has 0 radical (unpaired) electrons. The van der Waals surface area contributed by atoms with Crippen LogP contribution in [0.25, 0.3) is 22.4 Å². The van der Waals surface area contributed by atoms with E-state index in [2.05, 4.69) is 4.98 Å². The van der Waals surface area contributed by atoms with E-state index in [1.807, 2.05) is 0 Å². The molecule has 100 valence electrons. The van der Waals surface area contributed by atoms with Gasteiger partial charge in [0.1, 0.15) is 23.0 Å². The molecule has 0 saturated carbocycles. The predicted molar refractivity (Wildman–Crippen MR) is 65.6 cm³/mol. The lowest BCUT2D eigenvalue weighted by Gasteiger charge is -2.04. The maximum Gasteiger partial charge on any atom is 0.347 e. The van der Waals surface area contributed by atoms with Crippen LogP contribution in [0.5, 0.6) is 0 Å². The SMILES string of the molecule is O=c1oc(-c2c(F)cccc2F)nc2cc(F)ccc12. The molecule has 0 spiro atoms. The fourth-order valence-corrected chi connectivity index (χ4v) is 1.85. The molecule has 0 aliphatic rings. The van der Waals surface area contributed by atoms with Gasteiger partial charge in [-0.05, 0) is 24.3 Å². The van der Waals surface area contributed by atoms with Crippen molar-refractivity contribution in [2.75, 3.05) is 0 Å². The second kappa shape index (κ2) is 4.48. The molecule has 3 aromatic rings. The Labute approximate surface area is 110 Å². The third-order valence-corrected chi connectivity index (χ3v) is 2.77. The zero-order chi connectivity index (χ0) is 14.3. The predicted octanol–water partition coefficient (Wildman–Crippen LogP) is 3.27. The highest BCUT2D eigenvalue weighted by Gasteiger charge is 2.17. The van der Waals surface area contributed by atoms with Crippen LogP contribution in [0.1, 0.15) is 0 Å². The number of hydrogen-bond acceptors (Lipinski definition) is 3. The van der Waals surface area contributed by atoms with E-state index in [1.54, 1.807) is 0 Å². The Kier molecular flexibility index (Phi) is 2.78. The lowest BCUT2D eigenvalue weighted by molar-refractivity contribution is 0.501. The maximum absolute atomic E-state index is 13.6. The normalized spacial score (nSPS) is 10.9. The van der Waals surface area contributed by atoms with E-state index in [0.29, 0.717) is 0 Å². The molecule has 0 aliphatic heterocycles. The Morgan fingerprint density at radius 2 is 1.70 bits per heavy atom. The van der Waals surface area contributed by atoms with Gasteiger partial charge in [-0.15, -0.1) is 0 Å². The molecule has 0 N–H and O–H groups in total. The summed E-state index contributed by atoms with van der Waals surface area (Å²) in [4.78, 5) is 15.5. The standard InChI is InChI=1S/C14H6F3NO2/c15-7-4-5-8-11(6-7)18-13(20-14(8)19)12-9(16)2-1-3-10(12)17/h1-6H. The maximum atomic E-state index is 13.6. The lowest BCUT2D eigenvalue weighted by Crippen LogP contribution is -2.04. The minimum Gasteiger partial charge on any atom is -0.403 e. The van der Waals surface area contributed by atoms with Crippen LogP contribution in [-0.2, 0) is 0 Å². The number of fused-ring (bicyclic) bond motifs is 1. The number of rotatable bonds is 1. The third kappa shape index (κ3) is 1.95. The van der Waals surface area contributed by atoms with Crippen LogP contribution in [0.4, 0.5) is 13.2 Å². The highest BCUT2D eigenvalue weighted by atomic mass is 19.1. The molecule has 6 heteroatoms. The van der Waals surface area contributed by atoms with Gasteiger partial charge in [0.25, 0.3) is 0 Å². The Morgan fingerprint density at radius 3 is 2.40 bits per heavy atom. The molecule has 20 heavy (non-hydrogen) atoms. The Morgan fingerprint density at radius 1 is 1.00 bits per heavy atom. The number of benzene rings is 2. The molecule has 3 nitrogen and oxygen atoms in total. The van der Waals surface area contributed by atoms with Crippen LogP contribution in [0.15, 0.2) is 45.6 Å². The Balaban J connectivity index is 2.35. The summed E-state index contributed by atoms with van der Waals surface area (Å²) in [6.07, 6.45) is 0. The first-order valence-electron chi connectivity index (χ1n) is 5.61. The zero-order valence-electron chi connectivity index (χ0n) is 9.86. The molecule has 0 atom stereocenters. The van der Waals surface area contributed by atoms with Crippen molar-refractivity contribution in [1.82, 2.24) is 4.98 Å². The van der Waals surface area contributed by atoms with Crippen molar-refractivity contribution in [3.05, 3.63) is 64.3 Å². The van der Waals surface area contributed by atoms with E-state index in [-0.39, 0.29) is 10.9 Å². The van der Waals surface area contributed by atoms with Crippen molar-refractivity contribution in [3.8, 4) is 11.5 Å². The number of nitrogens with zero attached hydrogens (tertiary/aromatic N) is 1. The molecule has 0 unspecified atom stereocenters. The molecule has 1 aromatic heterocycles. The van der Waals surface area contributed by atoms with Gasteiger partial charge in [0.2, 0.25) is 5.89 Å². The molecule has 1 heterocycles. The minimum absolute atomic E-state index is 0.0288. The van der Waals surface area contributed by atoms with Gasteiger partial charge in [-0.25, -0.2) is 22.9 Å². The van der Waals surface area contributed by atoms with Crippen molar-refractivity contribution >= 4 is 10.9 Å². The summed E-state index contributed by atoms with van der Waals surface area (Å²) >= 11 is 0. The summed E-state index contributed by atoms with van der Waals surface area (Å²) in [5.74, 6) is -2.98. The third-order valence-electron chi connectivity index (χ3n) is 2.77. The van der Waals surface area contributed by atoms with Crippen LogP contribution in [-0.4, -0.2) is 4.98 Å². The van der Waals surface area contributed by atoms with Gasteiger partial charge in [0.15, 0.2) is 0 Å². The average molecular weight is 277 g/mol. The summed E-state index contributed by atoms with van der Waals surface area (Å²) in [6.45, 7) is 0. The second-order valence-electron chi connectivity index (χ2n) is 4.06. The van der Waals surface area contributed by atoms with Gasteiger partial charge in [0.05, 0.1) is 10.9 Å². The van der Waals surface area contributed by atoms with Crippen LogP contribution < -0.4 is 5.63 Å². The molecule has 0 amide bonds. The first kappa shape index (κ1) is 12.4. The van der Waals surface area contributed by atoms with Crippen LogP contribution >= 0.6 is 0 Å². The van der Waals surface area contributed by atoms with Gasteiger partial charge >= 0.3 is 5.63 Å². The second-order valence-corrected chi connectivity index (χ2v) is 4.06. The van der Waals surface area contributed by atoms with Gasteiger partial charge in [-0.2, -0.15) is 0 Å². The molecule has 3 rings (SSSR count). The van der Waals surface area contributed by atoms with E-state index in [0.717, 1.165) is 24.3 Å². The van der Waals surface area contributed by atoms with Crippen LogP contribution in [0, 0.1) is 17.5 Å².